The molecule has 42 heavy (non-hydrogen) atoms. The van der Waals surface area contributed by atoms with Gasteiger partial charge in [0.05, 0.1) is 12.3 Å². The summed E-state index contributed by atoms with van der Waals surface area (Å²) in [6.45, 7) is 7.76. The molecule has 0 aliphatic carbocycles. The van der Waals surface area contributed by atoms with Crippen molar-refractivity contribution in [2.24, 2.45) is 0 Å². The van der Waals surface area contributed by atoms with Crippen molar-refractivity contribution in [3.8, 4) is 28.5 Å². The molecule has 1 aliphatic heterocycles. The van der Waals surface area contributed by atoms with Gasteiger partial charge in [-0.1, -0.05) is 48.9 Å². The minimum absolute atomic E-state index is 0.266. The average Bonchev–Trinajstić information content (AvgIpc) is 3.30. The number of aromatic hydroxyl groups is 1. The highest BCUT2D eigenvalue weighted by Gasteiger charge is 2.17. The molecule has 0 saturated carbocycles. The quantitative estimate of drug-likeness (QED) is 0.165. The second kappa shape index (κ2) is 13.2. The van der Waals surface area contributed by atoms with E-state index in [1.54, 1.807) is 12.1 Å². The number of aryl methyl sites for hydroxylation is 1. The van der Waals surface area contributed by atoms with Gasteiger partial charge in [-0.15, -0.1) is 0 Å². The summed E-state index contributed by atoms with van der Waals surface area (Å²) in [5.41, 5.74) is 6.91. The van der Waals surface area contributed by atoms with Crippen molar-refractivity contribution in [1.29, 1.82) is 0 Å². The highest BCUT2D eigenvalue weighted by Crippen LogP contribution is 2.36. The number of fused-ring (bicyclic) bond motifs is 1. The molecule has 5 nitrogen and oxygen atoms in total. The fraction of sp³-hybridized carbons (Fsp3) is 0.297. The van der Waals surface area contributed by atoms with Crippen LogP contribution in [-0.4, -0.2) is 40.8 Å². The second-order valence-corrected chi connectivity index (χ2v) is 11.3. The summed E-state index contributed by atoms with van der Waals surface area (Å²) in [6, 6.07) is 32.6. The lowest BCUT2D eigenvalue weighted by Gasteiger charge is -2.26. The Hall–Kier alpha value is -4.22. The van der Waals surface area contributed by atoms with Gasteiger partial charge in [-0.25, -0.2) is 0 Å². The van der Waals surface area contributed by atoms with Crippen LogP contribution in [-0.2, 0) is 13.2 Å². The van der Waals surface area contributed by atoms with Crippen LogP contribution >= 0.6 is 0 Å². The molecule has 1 aromatic heterocycles. The summed E-state index contributed by atoms with van der Waals surface area (Å²) >= 11 is 0. The first kappa shape index (κ1) is 27.9. The summed E-state index contributed by atoms with van der Waals surface area (Å²) in [5.74, 6) is 2.04. The maximum absolute atomic E-state index is 9.94. The van der Waals surface area contributed by atoms with Gasteiger partial charge in [0.15, 0.2) is 0 Å². The van der Waals surface area contributed by atoms with Gasteiger partial charge >= 0.3 is 0 Å². The number of hydrogen-bond acceptors (Lipinski definition) is 4. The number of phenolic OH excluding ortho intramolecular Hbond substituents is 1. The monoisotopic (exact) mass is 560 g/mol. The average molecular weight is 561 g/mol. The van der Waals surface area contributed by atoms with Crippen molar-refractivity contribution in [1.82, 2.24) is 9.47 Å². The molecule has 1 aliphatic rings. The van der Waals surface area contributed by atoms with Gasteiger partial charge in [-0.05, 0) is 116 Å². The third-order valence-electron chi connectivity index (χ3n) is 8.28. The molecule has 0 atom stereocenters. The van der Waals surface area contributed by atoms with Crippen molar-refractivity contribution in [2.75, 3.05) is 26.2 Å². The van der Waals surface area contributed by atoms with E-state index >= 15 is 0 Å². The lowest BCUT2D eigenvalue weighted by Crippen LogP contribution is -2.31. The van der Waals surface area contributed by atoms with Crippen LogP contribution in [0.4, 0.5) is 0 Å². The van der Waals surface area contributed by atoms with E-state index in [2.05, 4.69) is 71.0 Å². The largest absolute Gasteiger partial charge is 0.508 e. The minimum atomic E-state index is 0.266. The van der Waals surface area contributed by atoms with Crippen molar-refractivity contribution < 1.29 is 14.6 Å². The molecule has 6 rings (SSSR count). The normalized spacial score (nSPS) is 13.8. The Morgan fingerprint density at radius 3 is 2.24 bits per heavy atom. The second-order valence-electron chi connectivity index (χ2n) is 11.3. The first-order valence-corrected chi connectivity index (χ1v) is 15.2. The topological polar surface area (TPSA) is 46.9 Å². The maximum Gasteiger partial charge on any atom is 0.120 e. The van der Waals surface area contributed by atoms with Crippen LogP contribution < -0.4 is 9.47 Å². The molecule has 5 aromatic rings. The molecule has 0 bridgehead atoms. The van der Waals surface area contributed by atoms with E-state index in [0.29, 0.717) is 6.61 Å². The van der Waals surface area contributed by atoms with Crippen molar-refractivity contribution >= 4 is 10.9 Å². The van der Waals surface area contributed by atoms with Gasteiger partial charge < -0.3 is 24.0 Å². The Kier molecular flexibility index (Phi) is 8.76. The van der Waals surface area contributed by atoms with E-state index in [9.17, 15) is 5.11 Å². The number of ether oxygens (including phenoxy) is 2. The maximum atomic E-state index is 9.94. The molecule has 0 radical (unpaired) electrons. The Balaban J connectivity index is 1.20. The first-order chi connectivity index (χ1) is 20.6. The van der Waals surface area contributed by atoms with E-state index in [0.717, 1.165) is 65.3 Å². The third kappa shape index (κ3) is 6.63. The predicted octanol–water partition coefficient (Wildman–Crippen LogP) is 8.20. The minimum Gasteiger partial charge on any atom is -0.508 e. The summed E-state index contributed by atoms with van der Waals surface area (Å²) in [6.07, 6.45) is 5.09. The molecule has 4 aromatic carbocycles. The number of likely N-dealkylation sites (tertiary alicyclic amines) is 1. The Labute approximate surface area is 248 Å². The van der Waals surface area contributed by atoms with Crippen molar-refractivity contribution in [2.45, 2.75) is 45.8 Å². The first-order valence-electron chi connectivity index (χ1n) is 15.2. The van der Waals surface area contributed by atoms with Gasteiger partial charge in [0, 0.05) is 24.0 Å². The van der Waals surface area contributed by atoms with Gasteiger partial charge in [0.1, 0.15) is 23.9 Å². The van der Waals surface area contributed by atoms with Crippen LogP contribution in [0.3, 0.4) is 0 Å². The number of piperidine rings is 1. The van der Waals surface area contributed by atoms with Gasteiger partial charge in [0.25, 0.3) is 0 Å². The Bertz CT molecular complexity index is 1580. The molecule has 5 heteroatoms. The molecule has 0 amide bonds. The SMILES string of the molecule is Cc1c(-c2ccc(O)cc2)n(Cc2ccc(OCCCN3CCCCC3)cc2)c2ccc(OCc3ccccc3)cc12. The molecule has 0 unspecified atom stereocenters. The number of nitrogens with zero attached hydrogens (tertiary/aromatic N) is 2. The highest BCUT2D eigenvalue weighted by molar-refractivity contribution is 5.92. The third-order valence-corrected chi connectivity index (χ3v) is 8.28. The lowest BCUT2D eigenvalue weighted by atomic mass is 10.1. The molecular weight excluding hydrogens is 520 g/mol. The Morgan fingerprint density at radius 2 is 1.48 bits per heavy atom. The fourth-order valence-electron chi connectivity index (χ4n) is 6.02. The summed E-state index contributed by atoms with van der Waals surface area (Å²) in [4.78, 5) is 2.56. The van der Waals surface area contributed by atoms with Crippen molar-refractivity contribution in [3.05, 3.63) is 114 Å². The Morgan fingerprint density at radius 1 is 0.738 bits per heavy atom. The number of phenols is 1. The number of hydrogen-bond donors (Lipinski definition) is 1. The predicted molar refractivity (Wildman–Crippen MR) is 170 cm³/mol. The summed E-state index contributed by atoms with van der Waals surface area (Å²) in [5, 5.41) is 11.1. The van der Waals surface area contributed by atoms with Crippen LogP contribution in [0, 0.1) is 6.92 Å². The molecule has 1 fully saturated rings. The van der Waals surface area contributed by atoms with Crippen LogP contribution in [0.25, 0.3) is 22.2 Å². The molecule has 1 saturated heterocycles. The number of aromatic nitrogens is 1. The molecule has 216 valence electrons. The van der Waals surface area contributed by atoms with Crippen LogP contribution in [0.1, 0.15) is 42.4 Å². The van der Waals surface area contributed by atoms with Crippen LogP contribution in [0.5, 0.6) is 17.2 Å². The van der Waals surface area contributed by atoms with E-state index in [1.807, 2.05) is 30.3 Å². The summed E-state index contributed by atoms with van der Waals surface area (Å²) in [7, 11) is 0. The van der Waals surface area contributed by atoms with Gasteiger partial charge in [-0.3, -0.25) is 0 Å². The van der Waals surface area contributed by atoms with Crippen LogP contribution in [0.15, 0.2) is 97.1 Å². The van der Waals surface area contributed by atoms with E-state index < -0.39 is 0 Å². The van der Waals surface area contributed by atoms with Gasteiger partial charge in [0.2, 0.25) is 0 Å². The standard InChI is InChI=1S/C37H40N2O3/c1-28-35-25-34(42-27-30-9-4-2-5-10-30)19-20-36(35)39(37(28)31-13-15-32(40)16-14-31)26-29-11-17-33(18-12-29)41-24-8-23-38-21-6-3-7-22-38/h2,4-5,9-20,25,40H,3,6-8,21-24,26-27H2,1H3. The van der Waals surface area contributed by atoms with E-state index in [1.165, 1.54) is 43.5 Å². The summed E-state index contributed by atoms with van der Waals surface area (Å²) < 4.78 is 14.6. The molecule has 2 heterocycles. The molecule has 0 spiro atoms. The lowest BCUT2D eigenvalue weighted by molar-refractivity contribution is 0.205. The number of benzene rings is 4. The number of rotatable bonds is 11. The molecular formula is C37H40N2O3. The van der Waals surface area contributed by atoms with Crippen LogP contribution in [0.2, 0.25) is 0 Å². The zero-order valence-corrected chi connectivity index (χ0v) is 24.5. The van der Waals surface area contributed by atoms with Gasteiger partial charge in [-0.2, -0.15) is 0 Å². The highest BCUT2D eigenvalue weighted by atomic mass is 16.5. The van der Waals surface area contributed by atoms with Crippen molar-refractivity contribution in [3.63, 3.8) is 0 Å². The smallest absolute Gasteiger partial charge is 0.120 e. The van der Waals surface area contributed by atoms with E-state index in [-0.39, 0.29) is 5.75 Å². The fourth-order valence-corrected chi connectivity index (χ4v) is 6.02. The van der Waals surface area contributed by atoms with E-state index in [4.69, 9.17) is 9.47 Å². The molecule has 1 N–H and O–H groups in total. The zero-order valence-electron chi connectivity index (χ0n) is 24.5. The zero-order chi connectivity index (χ0) is 28.7.